The average Bonchev–Trinajstić information content (AvgIpc) is 3.05. The van der Waals surface area contributed by atoms with Crippen molar-refractivity contribution in [1.29, 1.82) is 0 Å². The Morgan fingerprint density at radius 1 is 1.12 bits per heavy atom. The molecule has 16 heavy (non-hydrogen) atoms. The number of benzene rings is 1. The van der Waals surface area contributed by atoms with Gasteiger partial charge in [0.2, 0.25) is 0 Å². The fourth-order valence-electron chi connectivity index (χ4n) is 2.46. The first-order chi connectivity index (χ1) is 7.75. The summed E-state index contributed by atoms with van der Waals surface area (Å²) in [5.41, 5.74) is 10.5. The Hall–Kier alpha value is -1.02. The van der Waals surface area contributed by atoms with E-state index >= 15 is 0 Å². The number of hydrogen-bond donors (Lipinski definition) is 2. The zero-order valence-electron chi connectivity index (χ0n) is 9.76. The highest BCUT2D eigenvalue weighted by atomic mass is 15.0. The first-order valence-electron chi connectivity index (χ1n) is 6.40. The topological polar surface area (TPSA) is 38.0 Å². The summed E-state index contributed by atoms with van der Waals surface area (Å²) < 4.78 is 0. The molecule has 0 radical (unpaired) electrons. The molecule has 2 nitrogen and oxygen atoms in total. The fourth-order valence-corrected chi connectivity index (χ4v) is 2.46. The van der Waals surface area contributed by atoms with E-state index in [1.807, 2.05) is 0 Å². The second kappa shape index (κ2) is 3.77. The van der Waals surface area contributed by atoms with E-state index in [4.69, 9.17) is 5.73 Å². The van der Waals surface area contributed by atoms with Crippen LogP contribution < -0.4 is 11.1 Å². The number of anilines is 1. The highest BCUT2D eigenvalue weighted by Gasteiger charge is 2.37. The van der Waals surface area contributed by atoms with Crippen molar-refractivity contribution in [3.05, 3.63) is 29.3 Å². The Kier molecular flexibility index (Phi) is 2.40. The minimum absolute atomic E-state index is 0.0932. The number of rotatable bonds is 3. The molecule has 2 heteroatoms. The van der Waals surface area contributed by atoms with Gasteiger partial charge < -0.3 is 11.1 Å². The van der Waals surface area contributed by atoms with E-state index in [1.54, 1.807) is 5.56 Å². The number of aryl methyl sites for hydroxylation is 2. The molecule has 0 aromatic heterocycles. The van der Waals surface area contributed by atoms with Crippen molar-refractivity contribution in [3.8, 4) is 0 Å². The molecule has 2 aliphatic carbocycles. The molecule has 1 aromatic carbocycles. The van der Waals surface area contributed by atoms with E-state index in [1.165, 1.54) is 49.8 Å². The summed E-state index contributed by atoms with van der Waals surface area (Å²) in [6.07, 6.45) is 7.55. The second-order valence-corrected chi connectivity index (χ2v) is 5.41. The van der Waals surface area contributed by atoms with E-state index in [9.17, 15) is 0 Å². The van der Waals surface area contributed by atoms with Gasteiger partial charge in [-0.15, -0.1) is 0 Å². The van der Waals surface area contributed by atoms with E-state index in [0.29, 0.717) is 0 Å². The Morgan fingerprint density at radius 2 is 1.88 bits per heavy atom. The molecule has 1 aromatic rings. The molecule has 0 amide bonds. The first-order valence-corrected chi connectivity index (χ1v) is 6.40. The lowest BCUT2D eigenvalue weighted by atomic mass is 9.91. The van der Waals surface area contributed by atoms with E-state index < -0.39 is 0 Å². The lowest BCUT2D eigenvalue weighted by Crippen LogP contribution is -2.31. The molecule has 0 aliphatic heterocycles. The monoisotopic (exact) mass is 216 g/mol. The predicted molar refractivity (Wildman–Crippen MR) is 67.7 cm³/mol. The van der Waals surface area contributed by atoms with Crippen molar-refractivity contribution < 1.29 is 0 Å². The summed E-state index contributed by atoms with van der Waals surface area (Å²) in [6.45, 7) is 0.922. The molecule has 0 saturated heterocycles. The summed E-state index contributed by atoms with van der Waals surface area (Å²) in [6, 6.07) is 6.81. The average molecular weight is 216 g/mol. The number of fused-ring (bicyclic) bond motifs is 1. The van der Waals surface area contributed by atoms with Gasteiger partial charge in [-0.3, -0.25) is 0 Å². The maximum absolute atomic E-state index is 6.07. The molecule has 1 saturated carbocycles. The molecule has 0 unspecified atom stereocenters. The highest BCUT2D eigenvalue weighted by molar-refractivity contribution is 5.50. The Bertz CT molecular complexity index is 394. The van der Waals surface area contributed by atoms with Crippen LogP contribution in [0.1, 0.15) is 36.8 Å². The van der Waals surface area contributed by atoms with Crippen LogP contribution in [0.2, 0.25) is 0 Å². The van der Waals surface area contributed by atoms with Gasteiger partial charge in [0.25, 0.3) is 0 Å². The predicted octanol–water partition coefficient (Wildman–Crippen LogP) is 2.47. The van der Waals surface area contributed by atoms with Crippen molar-refractivity contribution in [2.45, 2.75) is 44.1 Å². The number of nitrogens with one attached hydrogen (secondary N) is 1. The van der Waals surface area contributed by atoms with Crippen molar-refractivity contribution in [1.82, 2.24) is 0 Å². The van der Waals surface area contributed by atoms with Gasteiger partial charge in [0, 0.05) is 17.8 Å². The zero-order valence-corrected chi connectivity index (χ0v) is 9.76. The zero-order chi connectivity index (χ0) is 11.0. The first kappa shape index (κ1) is 10.2. The van der Waals surface area contributed by atoms with Gasteiger partial charge >= 0.3 is 0 Å². The molecule has 3 rings (SSSR count). The summed E-state index contributed by atoms with van der Waals surface area (Å²) in [5.74, 6) is 0. The van der Waals surface area contributed by atoms with Crippen molar-refractivity contribution in [3.63, 3.8) is 0 Å². The number of nitrogens with two attached hydrogens (primary N) is 1. The maximum Gasteiger partial charge on any atom is 0.0343 e. The molecular formula is C14H20N2. The van der Waals surface area contributed by atoms with E-state index in [-0.39, 0.29) is 5.54 Å². The van der Waals surface area contributed by atoms with Crippen molar-refractivity contribution in [2.24, 2.45) is 5.73 Å². The molecule has 0 spiro atoms. The van der Waals surface area contributed by atoms with Crippen LogP contribution in [-0.4, -0.2) is 12.1 Å². The van der Waals surface area contributed by atoms with Gasteiger partial charge in [-0.2, -0.15) is 0 Å². The van der Waals surface area contributed by atoms with Crippen molar-refractivity contribution >= 4 is 5.69 Å². The standard InChI is InChI=1S/C14H20N2/c15-14(7-8-14)10-16-13-6-5-11-3-1-2-4-12(11)9-13/h5-6,9,16H,1-4,7-8,10,15H2. The molecule has 86 valence electrons. The second-order valence-electron chi connectivity index (χ2n) is 5.41. The van der Waals surface area contributed by atoms with E-state index in [0.717, 1.165) is 6.54 Å². The molecule has 1 fully saturated rings. The van der Waals surface area contributed by atoms with Gasteiger partial charge in [-0.05, 0) is 61.8 Å². The third-order valence-electron chi connectivity index (χ3n) is 3.89. The van der Waals surface area contributed by atoms with Gasteiger partial charge in [0.05, 0.1) is 0 Å². The van der Waals surface area contributed by atoms with Gasteiger partial charge in [0.15, 0.2) is 0 Å². The van der Waals surface area contributed by atoms with Crippen molar-refractivity contribution in [2.75, 3.05) is 11.9 Å². The smallest absolute Gasteiger partial charge is 0.0343 e. The van der Waals surface area contributed by atoms with Crippen LogP contribution in [0.25, 0.3) is 0 Å². The summed E-state index contributed by atoms with van der Waals surface area (Å²) in [4.78, 5) is 0. The van der Waals surface area contributed by atoms with Crippen LogP contribution in [0.5, 0.6) is 0 Å². The lowest BCUT2D eigenvalue weighted by Gasteiger charge is -2.18. The molecule has 0 atom stereocenters. The Labute approximate surface area is 97.2 Å². The minimum atomic E-state index is 0.0932. The highest BCUT2D eigenvalue weighted by Crippen LogP contribution is 2.32. The number of hydrogen-bond acceptors (Lipinski definition) is 2. The third-order valence-corrected chi connectivity index (χ3v) is 3.89. The molecule has 0 heterocycles. The van der Waals surface area contributed by atoms with Crippen LogP contribution >= 0.6 is 0 Å². The summed E-state index contributed by atoms with van der Waals surface area (Å²) >= 11 is 0. The maximum atomic E-state index is 6.07. The van der Waals surface area contributed by atoms with Crippen LogP contribution in [-0.2, 0) is 12.8 Å². The largest absolute Gasteiger partial charge is 0.383 e. The SMILES string of the molecule is NC1(CNc2ccc3c(c2)CCCC3)CC1. The Morgan fingerprint density at radius 3 is 2.62 bits per heavy atom. The van der Waals surface area contributed by atoms with E-state index in [2.05, 4.69) is 23.5 Å². The van der Waals surface area contributed by atoms with Gasteiger partial charge in [-0.1, -0.05) is 6.07 Å². The van der Waals surface area contributed by atoms with Crippen LogP contribution in [0.3, 0.4) is 0 Å². The molecule has 2 aliphatic rings. The van der Waals surface area contributed by atoms with Crippen LogP contribution in [0.15, 0.2) is 18.2 Å². The minimum Gasteiger partial charge on any atom is -0.383 e. The summed E-state index contributed by atoms with van der Waals surface area (Å²) in [5, 5.41) is 3.47. The molecule has 3 N–H and O–H groups in total. The van der Waals surface area contributed by atoms with Crippen LogP contribution in [0.4, 0.5) is 5.69 Å². The quantitative estimate of drug-likeness (QED) is 0.814. The molecular weight excluding hydrogens is 196 g/mol. The fraction of sp³-hybridized carbons (Fsp3) is 0.571. The third kappa shape index (κ3) is 2.07. The van der Waals surface area contributed by atoms with Crippen LogP contribution in [0, 0.1) is 0 Å². The molecule has 0 bridgehead atoms. The Balaban J connectivity index is 1.70. The van der Waals surface area contributed by atoms with Gasteiger partial charge in [-0.25, -0.2) is 0 Å². The van der Waals surface area contributed by atoms with Gasteiger partial charge in [0.1, 0.15) is 0 Å². The lowest BCUT2D eigenvalue weighted by molar-refractivity contribution is 0.684. The normalized spacial score (nSPS) is 21.3. The summed E-state index contributed by atoms with van der Waals surface area (Å²) in [7, 11) is 0.